The Morgan fingerprint density at radius 3 is 2.53 bits per heavy atom. The number of halogens is 3. The highest BCUT2D eigenvalue weighted by Crippen LogP contribution is 2.59. The number of fused-ring (bicyclic) bond motifs is 1. The molecule has 2 aliphatic rings. The Kier molecular flexibility index (Phi) is 2.89. The zero-order valence-corrected chi connectivity index (χ0v) is 11.0. The van der Waals surface area contributed by atoms with Crippen LogP contribution in [0.15, 0.2) is 24.3 Å². The largest absolute Gasteiger partial charge is 0.416 e. The molecule has 0 spiro atoms. The van der Waals surface area contributed by atoms with Crippen molar-refractivity contribution >= 4 is 0 Å². The molecule has 2 unspecified atom stereocenters. The molecular formula is C15H18F3N. The van der Waals surface area contributed by atoms with Crippen molar-refractivity contribution in [2.45, 2.75) is 31.4 Å². The lowest BCUT2D eigenvalue weighted by Gasteiger charge is -2.20. The van der Waals surface area contributed by atoms with E-state index in [0.29, 0.717) is 5.92 Å². The van der Waals surface area contributed by atoms with Gasteiger partial charge in [-0.3, -0.25) is 0 Å². The van der Waals surface area contributed by atoms with Crippen LogP contribution in [0.2, 0.25) is 0 Å². The van der Waals surface area contributed by atoms with Crippen LogP contribution in [-0.2, 0) is 11.6 Å². The lowest BCUT2D eigenvalue weighted by atomic mass is 9.94. The summed E-state index contributed by atoms with van der Waals surface area (Å²) < 4.78 is 37.7. The summed E-state index contributed by atoms with van der Waals surface area (Å²) in [6, 6.07) is 5.81. The van der Waals surface area contributed by atoms with E-state index in [-0.39, 0.29) is 5.41 Å². The van der Waals surface area contributed by atoms with Gasteiger partial charge in [0.25, 0.3) is 0 Å². The molecule has 3 rings (SSSR count). The van der Waals surface area contributed by atoms with Crippen LogP contribution in [0, 0.1) is 5.92 Å². The van der Waals surface area contributed by atoms with E-state index in [1.54, 1.807) is 12.1 Å². The van der Waals surface area contributed by atoms with E-state index < -0.39 is 11.7 Å². The first kappa shape index (κ1) is 13.0. The van der Waals surface area contributed by atoms with Crippen LogP contribution in [-0.4, -0.2) is 24.5 Å². The van der Waals surface area contributed by atoms with Gasteiger partial charge in [-0.2, -0.15) is 13.2 Å². The van der Waals surface area contributed by atoms with E-state index in [0.717, 1.165) is 38.0 Å². The minimum Gasteiger partial charge on any atom is -0.302 e. The van der Waals surface area contributed by atoms with Gasteiger partial charge in [-0.25, -0.2) is 0 Å². The van der Waals surface area contributed by atoms with E-state index in [4.69, 9.17) is 0 Å². The summed E-state index contributed by atoms with van der Waals surface area (Å²) in [5, 5.41) is 0. The zero-order valence-electron chi connectivity index (χ0n) is 11.0. The molecule has 0 radical (unpaired) electrons. The molecule has 0 aromatic heterocycles. The molecule has 0 amide bonds. The van der Waals surface area contributed by atoms with Gasteiger partial charge in [-0.15, -0.1) is 0 Å². The van der Waals surface area contributed by atoms with E-state index in [1.807, 2.05) is 0 Å². The third kappa shape index (κ3) is 2.16. The fourth-order valence-electron chi connectivity index (χ4n) is 3.51. The second kappa shape index (κ2) is 4.23. The standard InChI is InChI=1S/C15H18F3N/c1-2-7-19-9-13-8-14(13,10-19)11-3-5-12(6-4-11)15(16,17)18/h3-6,13H,2,7-10H2,1H3. The highest BCUT2D eigenvalue weighted by molar-refractivity contribution is 5.39. The molecule has 1 saturated heterocycles. The highest BCUT2D eigenvalue weighted by Gasteiger charge is 2.60. The molecule has 4 heteroatoms. The molecule has 1 aromatic rings. The number of rotatable bonds is 3. The van der Waals surface area contributed by atoms with E-state index in [2.05, 4.69) is 11.8 Å². The molecule has 19 heavy (non-hydrogen) atoms. The number of nitrogens with zero attached hydrogens (tertiary/aromatic N) is 1. The SMILES string of the molecule is CCCN1CC2CC2(c2ccc(C(F)(F)F)cc2)C1. The monoisotopic (exact) mass is 269 g/mol. The van der Waals surface area contributed by atoms with Crippen LogP contribution in [0.1, 0.15) is 30.9 Å². The summed E-state index contributed by atoms with van der Waals surface area (Å²) in [5.41, 5.74) is 0.691. The molecule has 1 aliphatic carbocycles. The Hall–Kier alpha value is -1.03. The third-order valence-electron chi connectivity index (χ3n) is 4.54. The maximum Gasteiger partial charge on any atom is 0.416 e. The second-order valence-electron chi connectivity index (χ2n) is 5.87. The molecule has 0 bridgehead atoms. The average molecular weight is 269 g/mol. The van der Waals surface area contributed by atoms with Crippen molar-refractivity contribution in [3.8, 4) is 0 Å². The first-order valence-corrected chi connectivity index (χ1v) is 6.86. The fourth-order valence-corrected chi connectivity index (χ4v) is 3.51. The molecule has 1 aromatic carbocycles. The summed E-state index contributed by atoms with van der Waals surface area (Å²) in [7, 11) is 0. The lowest BCUT2D eigenvalue weighted by Crippen LogP contribution is -2.27. The Balaban J connectivity index is 1.77. The van der Waals surface area contributed by atoms with Crippen LogP contribution in [0.25, 0.3) is 0 Å². The summed E-state index contributed by atoms with van der Waals surface area (Å²) in [6.07, 6.45) is -1.96. The summed E-state index contributed by atoms with van der Waals surface area (Å²) in [5.74, 6) is 0.649. The minimum atomic E-state index is -4.23. The zero-order chi connectivity index (χ0) is 13.7. The van der Waals surface area contributed by atoms with Gasteiger partial charge in [0.1, 0.15) is 0 Å². The second-order valence-corrected chi connectivity index (χ2v) is 5.87. The molecule has 2 fully saturated rings. The predicted molar refractivity (Wildman–Crippen MR) is 68.0 cm³/mol. The van der Waals surface area contributed by atoms with Gasteiger partial charge < -0.3 is 4.90 Å². The third-order valence-corrected chi connectivity index (χ3v) is 4.54. The summed E-state index contributed by atoms with van der Waals surface area (Å²) >= 11 is 0. The van der Waals surface area contributed by atoms with Gasteiger partial charge in [-0.1, -0.05) is 19.1 Å². The molecule has 0 N–H and O–H groups in total. The highest BCUT2D eigenvalue weighted by atomic mass is 19.4. The Bertz CT molecular complexity index is 465. The number of alkyl halides is 3. The average Bonchev–Trinajstić information content (AvgIpc) is 2.93. The number of hydrogen-bond acceptors (Lipinski definition) is 1. The van der Waals surface area contributed by atoms with Crippen molar-refractivity contribution in [1.82, 2.24) is 4.90 Å². The molecule has 1 aliphatic heterocycles. The van der Waals surface area contributed by atoms with Crippen molar-refractivity contribution < 1.29 is 13.2 Å². The van der Waals surface area contributed by atoms with Crippen molar-refractivity contribution in [3.05, 3.63) is 35.4 Å². The van der Waals surface area contributed by atoms with Gasteiger partial charge in [0, 0.05) is 18.5 Å². The van der Waals surface area contributed by atoms with Crippen molar-refractivity contribution in [2.24, 2.45) is 5.92 Å². The van der Waals surface area contributed by atoms with Crippen LogP contribution >= 0.6 is 0 Å². The normalized spacial score (nSPS) is 30.4. The van der Waals surface area contributed by atoms with Crippen molar-refractivity contribution in [2.75, 3.05) is 19.6 Å². The van der Waals surface area contributed by atoms with Crippen LogP contribution in [0.4, 0.5) is 13.2 Å². The van der Waals surface area contributed by atoms with Gasteiger partial charge >= 0.3 is 6.18 Å². The summed E-state index contributed by atoms with van der Waals surface area (Å²) in [4.78, 5) is 2.44. The smallest absolute Gasteiger partial charge is 0.302 e. The molecule has 2 atom stereocenters. The van der Waals surface area contributed by atoms with Gasteiger partial charge in [0.15, 0.2) is 0 Å². The quantitative estimate of drug-likeness (QED) is 0.809. The Labute approximate surface area is 111 Å². The van der Waals surface area contributed by atoms with Gasteiger partial charge in [0.2, 0.25) is 0 Å². The maximum absolute atomic E-state index is 12.6. The fraction of sp³-hybridized carbons (Fsp3) is 0.600. The predicted octanol–water partition coefficient (Wildman–Crippen LogP) is 3.69. The number of benzene rings is 1. The van der Waals surface area contributed by atoms with E-state index in [1.165, 1.54) is 12.1 Å². The van der Waals surface area contributed by atoms with E-state index >= 15 is 0 Å². The minimum absolute atomic E-state index is 0.152. The van der Waals surface area contributed by atoms with Gasteiger partial charge in [-0.05, 0) is 43.0 Å². The Morgan fingerprint density at radius 1 is 1.26 bits per heavy atom. The first-order valence-electron chi connectivity index (χ1n) is 6.86. The van der Waals surface area contributed by atoms with Crippen LogP contribution in [0.5, 0.6) is 0 Å². The van der Waals surface area contributed by atoms with Crippen molar-refractivity contribution in [1.29, 1.82) is 0 Å². The van der Waals surface area contributed by atoms with Gasteiger partial charge in [0.05, 0.1) is 5.56 Å². The van der Waals surface area contributed by atoms with Crippen LogP contribution < -0.4 is 0 Å². The van der Waals surface area contributed by atoms with E-state index in [9.17, 15) is 13.2 Å². The topological polar surface area (TPSA) is 3.24 Å². The van der Waals surface area contributed by atoms with Crippen LogP contribution in [0.3, 0.4) is 0 Å². The summed E-state index contributed by atoms with van der Waals surface area (Å²) in [6.45, 7) is 5.37. The maximum atomic E-state index is 12.6. The first-order chi connectivity index (χ1) is 8.95. The van der Waals surface area contributed by atoms with Crippen molar-refractivity contribution in [3.63, 3.8) is 0 Å². The Morgan fingerprint density at radius 2 is 1.95 bits per heavy atom. The lowest BCUT2D eigenvalue weighted by molar-refractivity contribution is -0.137. The number of piperidine rings is 1. The number of likely N-dealkylation sites (tertiary alicyclic amines) is 1. The molecule has 1 nitrogen and oxygen atoms in total. The molecular weight excluding hydrogens is 251 g/mol. The molecule has 104 valence electrons. The molecule has 1 saturated carbocycles. The number of hydrogen-bond donors (Lipinski definition) is 0. The molecule has 1 heterocycles.